The molecule has 0 aliphatic carbocycles. The maximum atomic E-state index is 13.7. The number of benzene rings is 2. The highest BCUT2D eigenvalue weighted by atomic mass is 79.9. The number of anilines is 1. The minimum atomic E-state index is -0.275. The van der Waals surface area contributed by atoms with Gasteiger partial charge in [-0.1, -0.05) is 22.0 Å². The Kier molecular flexibility index (Phi) is 5.76. The van der Waals surface area contributed by atoms with E-state index in [4.69, 9.17) is 12.2 Å². The first kappa shape index (κ1) is 21.8. The molecule has 0 amide bonds. The number of hydrogen-bond acceptors (Lipinski definition) is 2. The van der Waals surface area contributed by atoms with Gasteiger partial charge in [0.05, 0.1) is 17.8 Å². The van der Waals surface area contributed by atoms with Crippen molar-refractivity contribution in [1.29, 1.82) is 0 Å². The van der Waals surface area contributed by atoms with Gasteiger partial charge in [0.1, 0.15) is 5.82 Å². The Morgan fingerprint density at radius 2 is 1.67 bits per heavy atom. The van der Waals surface area contributed by atoms with Gasteiger partial charge in [0.15, 0.2) is 5.11 Å². The van der Waals surface area contributed by atoms with E-state index >= 15 is 0 Å². The van der Waals surface area contributed by atoms with Gasteiger partial charge in [-0.3, -0.25) is 4.98 Å². The third-order valence-corrected chi connectivity index (χ3v) is 6.92. The van der Waals surface area contributed by atoms with Crippen molar-refractivity contribution in [3.63, 3.8) is 0 Å². The molecule has 4 aromatic rings. The van der Waals surface area contributed by atoms with Crippen LogP contribution in [-0.2, 0) is 0 Å². The Balaban J connectivity index is 1.67. The second kappa shape index (κ2) is 8.72. The quantitative estimate of drug-likeness (QED) is 0.308. The Bertz CT molecular complexity index is 1300. The van der Waals surface area contributed by atoms with E-state index in [1.165, 1.54) is 12.1 Å². The molecule has 1 N–H and O–H groups in total. The summed E-state index contributed by atoms with van der Waals surface area (Å²) in [5.74, 6) is -0.275. The molecule has 0 unspecified atom stereocenters. The van der Waals surface area contributed by atoms with Crippen LogP contribution in [0.2, 0.25) is 0 Å². The van der Waals surface area contributed by atoms with E-state index in [9.17, 15) is 4.39 Å². The summed E-state index contributed by atoms with van der Waals surface area (Å²) in [4.78, 5) is 6.69. The fourth-order valence-corrected chi connectivity index (χ4v) is 5.24. The zero-order valence-corrected chi connectivity index (χ0v) is 20.6. The lowest BCUT2D eigenvalue weighted by Gasteiger charge is -2.28. The first-order valence-corrected chi connectivity index (χ1v) is 11.8. The van der Waals surface area contributed by atoms with Gasteiger partial charge < -0.3 is 14.8 Å². The van der Waals surface area contributed by atoms with Gasteiger partial charge in [-0.2, -0.15) is 0 Å². The first-order valence-electron chi connectivity index (χ1n) is 10.6. The average molecular weight is 521 g/mol. The summed E-state index contributed by atoms with van der Waals surface area (Å²) in [6.45, 7) is 4.24. The van der Waals surface area contributed by atoms with Gasteiger partial charge in [0, 0.05) is 33.4 Å². The largest absolute Gasteiger partial charge is 0.351 e. The maximum Gasteiger partial charge on any atom is 0.174 e. The maximum absolute atomic E-state index is 13.7. The molecule has 0 radical (unpaired) electrons. The van der Waals surface area contributed by atoms with Gasteiger partial charge in [0.2, 0.25) is 0 Å². The molecular weight excluding hydrogens is 499 g/mol. The van der Waals surface area contributed by atoms with Crippen molar-refractivity contribution in [2.75, 3.05) is 4.90 Å². The number of nitrogens with one attached hydrogen (secondary N) is 1. The molecular formula is C26H22BrFN4S. The van der Waals surface area contributed by atoms with Crippen LogP contribution in [0.15, 0.2) is 83.5 Å². The van der Waals surface area contributed by atoms with Gasteiger partial charge in [0.25, 0.3) is 0 Å². The Morgan fingerprint density at radius 3 is 2.33 bits per heavy atom. The van der Waals surface area contributed by atoms with E-state index in [1.807, 2.05) is 30.3 Å². The van der Waals surface area contributed by atoms with Crippen molar-refractivity contribution >= 4 is 38.9 Å². The van der Waals surface area contributed by atoms with Crippen LogP contribution >= 0.6 is 28.1 Å². The molecule has 1 aliphatic rings. The van der Waals surface area contributed by atoms with Gasteiger partial charge >= 0.3 is 0 Å². The van der Waals surface area contributed by atoms with Crippen LogP contribution < -0.4 is 10.2 Å². The third-order valence-electron chi connectivity index (χ3n) is 6.08. The molecule has 0 spiro atoms. The summed E-state index contributed by atoms with van der Waals surface area (Å²) in [6.07, 6.45) is 1.79. The van der Waals surface area contributed by atoms with Crippen LogP contribution in [0.25, 0.3) is 5.69 Å². The Labute approximate surface area is 206 Å². The van der Waals surface area contributed by atoms with Gasteiger partial charge in [-0.25, -0.2) is 4.39 Å². The van der Waals surface area contributed by atoms with Crippen LogP contribution in [0.1, 0.15) is 34.7 Å². The van der Waals surface area contributed by atoms with E-state index in [2.05, 4.69) is 67.7 Å². The lowest BCUT2D eigenvalue weighted by atomic mass is 9.96. The Morgan fingerprint density at radius 1 is 0.970 bits per heavy atom. The lowest BCUT2D eigenvalue weighted by Crippen LogP contribution is -2.29. The number of pyridine rings is 1. The first-order chi connectivity index (χ1) is 15.9. The summed E-state index contributed by atoms with van der Waals surface area (Å²) in [7, 11) is 0. The van der Waals surface area contributed by atoms with E-state index in [-0.39, 0.29) is 17.9 Å². The van der Waals surface area contributed by atoms with Crippen LogP contribution in [0.4, 0.5) is 10.1 Å². The summed E-state index contributed by atoms with van der Waals surface area (Å²) >= 11 is 9.30. The molecule has 0 bridgehead atoms. The zero-order valence-electron chi connectivity index (χ0n) is 18.2. The smallest absolute Gasteiger partial charge is 0.174 e. The van der Waals surface area contributed by atoms with E-state index in [0.717, 1.165) is 38.5 Å². The molecule has 2 aromatic heterocycles. The van der Waals surface area contributed by atoms with Crippen LogP contribution in [-0.4, -0.2) is 14.7 Å². The van der Waals surface area contributed by atoms with E-state index in [0.29, 0.717) is 5.11 Å². The number of hydrogen-bond donors (Lipinski definition) is 1. The van der Waals surface area contributed by atoms with Gasteiger partial charge in [-0.05, 0) is 98.4 Å². The lowest BCUT2D eigenvalue weighted by molar-refractivity contribution is 0.565. The van der Waals surface area contributed by atoms with Crippen molar-refractivity contribution in [2.24, 2.45) is 0 Å². The highest BCUT2D eigenvalue weighted by Crippen LogP contribution is 2.43. The highest BCUT2D eigenvalue weighted by molar-refractivity contribution is 9.10. The molecule has 3 heterocycles. The Hall–Kier alpha value is -3.03. The molecule has 7 heteroatoms. The number of aryl methyl sites for hydroxylation is 1. The standard InChI is InChI=1S/C26H22BrFN4S/c1-16-15-22(17(2)31(16)20-10-6-18(27)7-11-20)25-24(23-5-3-4-14-29-23)30-26(33)32(25)21-12-8-19(28)9-13-21/h3-15,24-25H,1-2H3,(H,30,33)/t24-,25-/m0/s1. The van der Waals surface area contributed by atoms with E-state index < -0.39 is 0 Å². The molecule has 1 fully saturated rings. The second-order valence-electron chi connectivity index (χ2n) is 8.11. The highest BCUT2D eigenvalue weighted by Gasteiger charge is 2.42. The van der Waals surface area contributed by atoms with Crippen molar-refractivity contribution in [3.05, 3.63) is 112 Å². The summed E-state index contributed by atoms with van der Waals surface area (Å²) < 4.78 is 17.0. The number of rotatable bonds is 4. The fourth-order valence-electron chi connectivity index (χ4n) is 4.63. The zero-order chi connectivity index (χ0) is 23.1. The molecule has 2 aromatic carbocycles. The average Bonchev–Trinajstić information content (AvgIpc) is 3.31. The monoisotopic (exact) mass is 520 g/mol. The third kappa shape index (κ3) is 3.96. The summed E-state index contributed by atoms with van der Waals surface area (Å²) in [6, 6.07) is 22.6. The molecule has 1 saturated heterocycles. The molecule has 5 rings (SSSR count). The van der Waals surface area contributed by atoms with Crippen molar-refractivity contribution in [3.8, 4) is 5.69 Å². The SMILES string of the molecule is Cc1cc([C@H]2[C@H](c3ccccn3)NC(=S)N2c2ccc(F)cc2)c(C)n1-c1ccc(Br)cc1. The predicted molar refractivity (Wildman–Crippen MR) is 137 cm³/mol. The molecule has 33 heavy (non-hydrogen) atoms. The van der Waals surface area contributed by atoms with Crippen molar-refractivity contribution in [2.45, 2.75) is 25.9 Å². The van der Waals surface area contributed by atoms with Crippen LogP contribution in [0, 0.1) is 19.7 Å². The predicted octanol–water partition coefficient (Wildman–Crippen LogP) is 6.57. The van der Waals surface area contributed by atoms with Gasteiger partial charge in [-0.15, -0.1) is 0 Å². The molecule has 2 atom stereocenters. The number of halogens is 2. The molecule has 4 nitrogen and oxygen atoms in total. The topological polar surface area (TPSA) is 33.1 Å². The van der Waals surface area contributed by atoms with Crippen molar-refractivity contribution < 1.29 is 4.39 Å². The van der Waals surface area contributed by atoms with Crippen molar-refractivity contribution in [1.82, 2.24) is 14.9 Å². The normalized spacial score (nSPS) is 17.9. The minimum Gasteiger partial charge on any atom is -0.351 e. The van der Waals surface area contributed by atoms with Crippen LogP contribution in [0.5, 0.6) is 0 Å². The van der Waals surface area contributed by atoms with E-state index in [1.54, 1.807) is 18.3 Å². The van der Waals surface area contributed by atoms with Crippen LogP contribution in [0.3, 0.4) is 0 Å². The number of nitrogens with zero attached hydrogens (tertiary/aromatic N) is 3. The molecule has 166 valence electrons. The molecule has 1 aliphatic heterocycles. The minimum absolute atomic E-state index is 0.145. The number of aromatic nitrogens is 2. The molecule has 0 saturated carbocycles. The fraction of sp³-hybridized carbons (Fsp3) is 0.154. The summed E-state index contributed by atoms with van der Waals surface area (Å²) in [5, 5.41) is 4.06. The summed E-state index contributed by atoms with van der Waals surface area (Å²) in [5.41, 5.74) is 6.23. The second-order valence-corrected chi connectivity index (χ2v) is 9.41. The number of thiocarbonyl (C=S) groups is 1.